The predicted molar refractivity (Wildman–Crippen MR) is 112 cm³/mol. The van der Waals surface area contributed by atoms with Crippen LogP contribution in [-0.2, 0) is 4.79 Å². The highest BCUT2D eigenvalue weighted by Gasteiger charge is 2.38. The summed E-state index contributed by atoms with van der Waals surface area (Å²) in [4.78, 5) is 29.3. The average Bonchev–Trinajstić information content (AvgIpc) is 2.65. The van der Waals surface area contributed by atoms with Gasteiger partial charge in [-0.1, -0.05) is 6.07 Å². The van der Waals surface area contributed by atoms with Crippen LogP contribution in [0.3, 0.4) is 0 Å². The zero-order valence-corrected chi connectivity index (χ0v) is 17.2. The van der Waals surface area contributed by atoms with E-state index in [4.69, 9.17) is 9.47 Å². The summed E-state index contributed by atoms with van der Waals surface area (Å²) >= 11 is 0. The van der Waals surface area contributed by atoms with Crippen LogP contribution in [0.4, 0.5) is 10.5 Å². The van der Waals surface area contributed by atoms with Gasteiger partial charge in [0.05, 0.1) is 20.3 Å². The molecule has 29 heavy (non-hydrogen) atoms. The third-order valence-electron chi connectivity index (χ3n) is 4.88. The van der Waals surface area contributed by atoms with Crippen LogP contribution in [0.15, 0.2) is 41.4 Å². The van der Waals surface area contributed by atoms with Crippen molar-refractivity contribution in [2.24, 2.45) is 10.9 Å². The van der Waals surface area contributed by atoms with Crippen LogP contribution in [0.5, 0.6) is 11.5 Å². The number of hydrogen-bond donors (Lipinski definition) is 2. The molecule has 152 valence electrons. The number of anilines is 1. The minimum atomic E-state index is -0.700. The van der Waals surface area contributed by atoms with Crippen LogP contribution in [0.2, 0.25) is 0 Å². The molecular weight excluding hydrogens is 370 g/mol. The van der Waals surface area contributed by atoms with Crippen molar-refractivity contribution in [2.45, 2.75) is 26.8 Å². The normalized spacial score (nSPS) is 18.5. The van der Waals surface area contributed by atoms with Crippen LogP contribution >= 0.6 is 0 Å². The monoisotopic (exact) mass is 395 g/mol. The number of hydrogen-bond acceptors (Lipinski definition) is 4. The first kappa shape index (κ1) is 20.4. The molecule has 0 fully saturated rings. The summed E-state index contributed by atoms with van der Waals surface area (Å²) in [7, 11) is 3.10. The summed E-state index contributed by atoms with van der Waals surface area (Å²) in [5.74, 6) is 0.194. The van der Waals surface area contributed by atoms with Crippen molar-refractivity contribution in [2.75, 3.05) is 19.5 Å². The van der Waals surface area contributed by atoms with Gasteiger partial charge in [-0.3, -0.25) is 4.79 Å². The summed E-state index contributed by atoms with van der Waals surface area (Å²) < 4.78 is 10.8. The second-order valence-electron chi connectivity index (χ2n) is 7.13. The average molecular weight is 395 g/mol. The molecule has 0 saturated heterocycles. The molecule has 1 heterocycles. The van der Waals surface area contributed by atoms with E-state index in [2.05, 4.69) is 15.6 Å². The third-order valence-corrected chi connectivity index (χ3v) is 4.88. The molecule has 0 bridgehead atoms. The number of methoxy groups -OCH3 is 2. The van der Waals surface area contributed by atoms with Crippen LogP contribution in [0, 0.1) is 19.8 Å². The van der Waals surface area contributed by atoms with Crippen molar-refractivity contribution in [1.82, 2.24) is 5.32 Å². The van der Waals surface area contributed by atoms with Crippen LogP contribution in [0.1, 0.15) is 29.7 Å². The fourth-order valence-electron chi connectivity index (χ4n) is 3.67. The van der Waals surface area contributed by atoms with Crippen molar-refractivity contribution < 1.29 is 19.1 Å². The number of aryl methyl sites for hydroxylation is 2. The van der Waals surface area contributed by atoms with E-state index in [-0.39, 0.29) is 5.91 Å². The Hall–Kier alpha value is -3.35. The van der Waals surface area contributed by atoms with Gasteiger partial charge >= 0.3 is 6.03 Å². The maximum atomic E-state index is 13.2. The zero-order valence-electron chi connectivity index (χ0n) is 17.2. The van der Waals surface area contributed by atoms with Gasteiger partial charge in [0.2, 0.25) is 5.91 Å². The minimum Gasteiger partial charge on any atom is -0.497 e. The van der Waals surface area contributed by atoms with Crippen LogP contribution in [-0.4, -0.2) is 31.9 Å². The molecule has 7 nitrogen and oxygen atoms in total. The van der Waals surface area contributed by atoms with E-state index in [1.165, 1.54) is 0 Å². The van der Waals surface area contributed by atoms with Gasteiger partial charge < -0.3 is 20.1 Å². The van der Waals surface area contributed by atoms with Crippen LogP contribution < -0.4 is 20.1 Å². The van der Waals surface area contributed by atoms with Gasteiger partial charge in [0.15, 0.2) is 0 Å². The number of urea groups is 1. The second kappa shape index (κ2) is 8.34. The number of ether oxygens (including phenoxy) is 2. The summed E-state index contributed by atoms with van der Waals surface area (Å²) in [6.07, 6.45) is 0. The number of nitrogens with one attached hydrogen (secondary N) is 2. The first-order valence-corrected chi connectivity index (χ1v) is 9.29. The molecule has 0 saturated carbocycles. The number of amides is 3. The Labute approximate surface area is 170 Å². The highest BCUT2D eigenvalue weighted by Crippen LogP contribution is 2.36. The fraction of sp³-hybridized carbons (Fsp3) is 0.318. The Morgan fingerprint density at radius 1 is 1.03 bits per heavy atom. The van der Waals surface area contributed by atoms with E-state index >= 15 is 0 Å². The fourth-order valence-corrected chi connectivity index (χ4v) is 3.67. The Kier molecular flexibility index (Phi) is 5.87. The van der Waals surface area contributed by atoms with E-state index in [0.717, 1.165) is 11.1 Å². The van der Waals surface area contributed by atoms with Crippen LogP contribution in [0.25, 0.3) is 0 Å². The van der Waals surface area contributed by atoms with E-state index < -0.39 is 18.0 Å². The molecule has 1 aliphatic rings. The molecule has 0 radical (unpaired) electrons. The van der Waals surface area contributed by atoms with Gasteiger partial charge in [-0.15, -0.1) is 0 Å². The lowest BCUT2D eigenvalue weighted by Crippen LogP contribution is -2.45. The van der Waals surface area contributed by atoms with Crippen molar-refractivity contribution in [3.8, 4) is 11.5 Å². The molecule has 2 atom stereocenters. The van der Waals surface area contributed by atoms with Crippen molar-refractivity contribution in [1.29, 1.82) is 0 Å². The Balaban J connectivity index is 2.01. The van der Waals surface area contributed by atoms with E-state index in [9.17, 15) is 9.59 Å². The molecule has 0 aromatic heterocycles. The van der Waals surface area contributed by atoms with Gasteiger partial charge in [0, 0.05) is 17.0 Å². The third kappa shape index (κ3) is 4.39. The summed E-state index contributed by atoms with van der Waals surface area (Å²) in [6.45, 7) is 5.63. The number of carbonyl (C=O) groups is 2. The molecular formula is C22H25N3O4. The van der Waals surface area contributed by atoms with Gasteiger partial charge in [0.1, 0.15) is 17.4 Å². The van der Waals surface area contributed by atoms with Crippen molar-refractivity contribution >= 4 is 23.3 Å². The van der Waals surface area contributed by atoms with Crippen molar-refractivity contribution in [3.05, 3.63) is 53.1 Å². The number of aliphatic imine (C=N–C) groups is 1. The SMILES string of the molecule is COc1ccc(OC)c(C2NC(=O)N=C(C)C2C(=O)Nc2cc(C)cc(C)c2)c1. The molecule has 0 spiro atoms. The number of rotatable bonds is 5. The Morgan fingerprint density at radius 3 is 2.34 bits per heavy atom. The highest BCUT2D eigenvalue weighted by atomic mass is 16.5. The van der Waals surface area contributed by atoms with Gasteiger partial charge in [0.25, 0.3) is 0 Å². The van der Waals surface area contributed by atoms with Gasteiger partial charge in [-0.05, 0) is 62.2 Å². The van der Waals surface area contributed by atoms with Gasteiger partial charge in [-0.2, -0.15) is 0 Å². The maximum Gasteiger partial charge on any atom is 0.341 e. The Morgan fingerprint density at radius 2 is 1.72 bits per heavy atom. The summed E-state index contributed by atoms with van der Waals surface area (Å²) in [5.41, 5.74) is 3.89. The lowest BCUT2D eigenvalue weighted by atomic mass is 9.86. The zero-order chi connectivity index (χ0) is 21.1. The molecule has 2 aromatic rings. The minimum absolute atomic E-state index is 0.258. The topological polar surface area (TPSA) is 89.0 Å². The summed E-state index contributed by atoms with van der Waals surface area (Å²) in [6, 6.07) is 9.98. The lowest BCUT2D eigenvalue weighted by Gasteiger charge is -2.31. The predicted octanol–water partition coefficient (Wildman–Crippen LogP) is 3.80. The number of carbonyl (C=O) groups excluding carboxylic acids is 2. The standard InChI is InChI=1S/C22H25N3O4/c1-12-8-13(2)10-15(9-12)24-21(26)19-14(3)23-22(27)25-20(19)17-11-16(28-4)6-7-18(17)29-5/h6-11,19-20H,1-5H3,(H,24,26)(H,25,27). The van der Waals surface area contributed by atoms with E-state index in [1.54, 1.807) is 39.3 Å². The van der Waals surface area contributed by atoms with Gasteiger partial charge in [-0.25, -0.2) is 9.79 Å². The first-order valence-electron chi connectivity index (χ1n) is 9.29. The molecule has 2 N–H and O–H groups in total. The lowest BCUT2D eigenvalue weighted by molar-refractivity contribution is -0.118. The van der Waals surface area contributed by atoms with Crippen molar-refractivity contribution in [3.63, 3.8) is 0 Å². The molecule has 2 aromatic carbocycles. The molecule has 2 unspecified atom stereocenters. The maximum absolute atomic E-state index is 13.2. The molecule has 7 heteroatoms. The molecule has 3 rings (SSSR count). The number of benzene rings is 2. The largest absolute Gasteiger partial charge is 0.497 e. The Bertz CT molecular complexity index is 964. The van der Waals surface area contributed by atoms with E-state index in [0.29, 0.717) is 28.5 Å². The highest BCUT2D eigenvalue weighted by molar-refractivity contribution is 6.13. The molecule has 1 aliphatic heterocycles. The molecule has 0 aliphatic carbocycles. The number of nitrogens with zero attached hydrogens (tertiary/aromatic N) is 1. The quantitative estimate of drug-likeness (QED) is 0.806. The second-order valence-corrected chi connectivity index (χ2v) is 7.13. The molecule has 3 amide bonds. The summed E-state index contributed by atoms with van der Waals surface area (Å²) in [5, 5.41) is 5.77. The van der Waals surface area contributed by atoms with E-state index in [1.807, 2.05) is 32.0 Å². The first-order chi connectivity index (χ1) is 13.8. The smallest absolute Gasteiger partial charge is 0.341 e.